The molecule has 0 aliphatic carbocycles. The van der Waals surface area contributed by atoms with Gasteiger partial charge in [0.2, 0.25) is 0 Å². The summed E-state index contributed by atoms with van der Waals surface area (Å²) in [4.78, 5) is 18.4. The van der Waals surface area contributed by atoms with Crippen molar-refractivity contribution in [1.29, 1.82) is 0 Å². The van der Waals surface area contributed by atoms with Crippen LogP contribution in [0.3, 0.4) is 0 Å². The molecule has 1 heterocycles. The normalized spacial score (nSPS) is 12.4. The predicted octanol–water partition coefficient (Wildman–Crippen LogP) is 7.60. The Bertz CT molecular complexity index is 1690. The molecule has 1 aromatic heterocycles. The number of aryl methyl sites for hydroxylation is 1. The molecule has 0 aliphatic heterocycles. The Kier molecular flexibility index (Phi) is 7.19. The summed E-state index contributed by atoms with van der Waals surface area (Å²) in [6.07, 6.45) is 2.57. The largest absolute Gasteiger partial charge is 0.488 e. The molecule has 0 radical (unpaired) electrons. The van der Waals surface area contributed by atoms with Crippen molar-refractivity contribution in [3.8, 4) is 5.75 Å². The molecule has 0 N–H and O–H groups in total. The predicted molar refractivity (Wildman–Crippen MR) is 155 cm³/mol. The molecule has 0 unspecified atom stereocenters. The standard InChI is InChI=1S/C31H28BrN3O2/c1-4-21(3)30-34-28-14-13-24(32)17-26(28)31(36)35(30)33-18-27-25-11-6-5-10-23(25)12-15-29(27)37-19-22-9-7-8-20(2)16-22/h5-18,21H,4,19H2,1-3H3/t21-/m1/s1. The van der Waals surface area contributed by atoms with Gasteiger partial charge in [-0.15, -0.1) is 0 Å². The highest BCUT2D eigenvalue weighted by Gasteiger charge is 2.16. The molecule has 186 valence electrons. The van der Waals surface area contributed by atoms with Gasteiger partial charge in [0.15, 0.2) is 0 Å². The van der Waals surface area contributed by atoms with Crippen molar-refractivity contribution < 1.29 is 4.74 Å². The highest BCUT2D eigenvalue weighted by Crippen LogP contribution is 2.28. The van der Waals surface area contributed by atoms with Crippen LogP contribution in [0.25, 0.3) is 21.7 Å². The molecule has 5 nitrogen and oxygen atoms in total. The minimum absolute atomic E-state index is 0.0578. The molecule has 0 saturated heterocycles. The second-order valence-electron chi connectivity index (χ2n) is 9.28. The third-order valence-electron chi connectivity index (χ3n) is 6.60. The smallest absolute Gasteiger partial charge is 0.282 e. The molecule has 5 rings (SSSR count). The Labute approximate surface area is 224 Å². The van der Waals surface area contributed by atoms with E-state index in [4.69, 9.17) is 14.8 Å². The number of ether oxygens (including phenoxy) is 1. The molecule has 5 aromatic rings. The van der Waals surface area contributed by atoms with Crippen molar-refractivity contribution in [2.24, 2.45) is 5.10 Å². The first-order valence-electron chi connectivity index (χ1n) is 12.4. The van der Waals surface area contributed by atoms with Crippen molar-refractivity contribution in [1.82, 2.24) is 9.66 Å². The van der Waals surface area contributed by atoms with E-state index in [9.17, 15) is 4.79 Å². The second-order valence-corrected chi connectivity index (χ2v) is 10.2. The van der Waals surface area contributed by atoms with Crippen LogP contribution < -0.4 is 10.3 Å². The van der Waals surface area contributed by atoms with Gasteiger partial charge in [0.1, 0.15) is 18.2 Å². The lowest BCUT2D eigenvalue weighted by Crippen LogP contribution is -2.23. The van der Waals surface area contributed by atoms with Crippen molar-refractivity contribution in [3.05, 3.63) is 116 Å². The Morgan fingerprint density at radius 3 is 2.68 bits per heavy atom. The fourth-order valence-electron chi connectivity index (χ4n) is 4.39. The highest BCUT2D eigenvalue weighted by molar-refractivity contribution is 9.10. The average Bonchev–Trinajstić information content (AvgIpc) is 2.91. The summed E-state index contributed by atoms with van der Waals surface area (Å²) < 4.78 is 8.55. The first-order valence-corrected chi connectivity index (χ1v) is 13.2. The SMILES string of the molecule is CC[C@@H](C)c1nc2ccc(Br)cc2c(=O)n1N=Cc1c(OCc2cccc(C)c2)ccc2ccccc12. The van der Waals surface area contributed by atoms with Crippen LogP contribution in [0, 0.1) is 6.92 Å². The molecule has 4 aromatic carbocycles. The van der Waals surface area contributed by atoms with Crippen molar-refractivity contribution >= 4 is 43.8 Å². The second kappa shape index (κ2) is 10.7. The Balaban J connectivity index is 1.63. The molecule has 0 fully saturated rings. The van der Waals surface area contributed by atoms with Crippen LogP contribution in [0.4, 0.5) is 0 Å². The zero-order chi connectivity index (χ0) is 25.9. The van der Waals surface area contributed by atoms with Crippen LogP contribution in [0.2, 0.25) is 0 Å². The van der Waals surface area contributed by atoms with Gasteiger partial charge in [-0.05, 0) is 53.9 Å². The van der Waals surface area contributed by atoms with Crippen molar-refractivity contribution in [2.75, 3.05) is 0 Å². The fourth-order valence-corrected chi connectivity index (χ4v) is 4.75. The van der Waals surface area contributed by atoms with Crippen LogP contribution in [0.1, 0.15) is 48.7 Å². The summed E-state index contributed by atoms with van der Waals surface area (Å²) in [7, 11) is 0. The van der Waals surface area contributed by atoms with E-state index in [1.807, 2.05) is 48.5 Å². The van der Waals surface area contributed by atoms with E-state index in [0.717, 1.165) is 32.8 Å². The van der Waals surface area contributed by atoms with E-state index >= 15 is 0 Å². The van der Waals surface area contributed by atoms with Gasteiger partial charge in [0, 0.05) is 16.0 Å². The van der Waals surface area contributed by atoms with Gasteiger partial charge in [0.05, 0.1) is 17.1 Å². The summed E-state index contributed by atoms with van der Waals surface area (Å²) in [6.45, 7) is 6.65. The fraction of sp³-hybridized carbons (Fsp3) is 0.194. The monoisotopic (exact) mass is 553 g/mol. The molecule has 6 heteroatoms. The van der Waals surface area contributed by atoms with Gasteiger partial charge >= 0.3 is 0 Å². The van der Waals surface area contributed by atoms with E-state index in [-0.39, 0.29) is 11.5 Å². The maximum Gasteiger partial charge on any atom is 0.282 e. The number of benzene rings is 4. The van der Waals surface area contributed by atoms with Crippen LogP contribution in [-0.4, -0.2) is 15.9 Å². The number of rotatable bonds is 7. The molecule has 0 saturated carbocycles. The number of nitrogens with zero attached hydrogens (tertiary/aromatic N) is 3. The molecule has 0 aliphatic rings. The summed E-state index contributed by atoms with van der Waals surface area (Å²) in [5.74, 6) is 1.40. The lowest BCUT2D eigenvalue weighted by molar-refractivity contribution is 0.306. The minimum Gasteiger partial charge on any atom is -0.488 e. The van der Waals surface area contributed by atoms with Gasteiger partial charge < -0.3 is 4.74 Å². The van der Waals surface area contributed by atoms with Gasteiger partial charge in [-0.25, -0.2) is 4.98 Å². The third kappa shape index (κ3) is 5.20. The zero-order valence-corrected chi connectivity index (χ0v) is 22.7. The maximum atomic E-state index is 13.6. The lowest BCUT2D eigenvalue weighted by Gasteiger charge is -2.15. The number of halogens is 1. The quantitative estimate of drug-likeness (QED) is 0.195. The van der Waals surface area contributed by atoms with Gasteiger partial charge in [-0.2, -0.15) is 9.78 Å². The van der Waals surface area contributed by atoms with E-state index in [2.05, 4.69) is 61.0 Å². The summed E-state index contributed by atoms with van der Waals surface area (Å²) in [5, 5.41) is 7.32. The Morgan fingerprint density at radius 1 is 1.03 bits per heavy atom. The molecule has 1 atom stereocenters. The van der Waals surface area contributed by atoms with Gasteiger partial charge in [-0.3, -0.25) is 4.79 Å². The minimum atomic E-state index is -0.194. The zero-order valence-electron chi connectivity index (χ0n) is 21.1. The molecule has 0 bridgehead atoms. The lowest BCUT2D eigenvalue weighted by atomic mass is 10.0. The first kappa shape index (κ1) is 24.9. The molecular formula is C31H28BrN3O2. The molecule has 0 amide bonds. The molecule has 0 spiro atoms. The molecular weight excluding hydrogens is 526 g/mol. The number of fused-ring (bicyclic) bond motifs is 2. The number of hydrogen-bond donors (Lipinski definition) is 0. The van der Waals surface area contributed by atoms with Crippen LogP contribution >= 0.6 is 15.9 Å². The van der Waals surface area contributed by atoms with Crippen LogP contribution in [-0.2, 0) is 6.61 Å². The van der Waals surface area contributed by atoms with Crippen LogP contribution in [0.5, 0.6) is 5.75 Å². The topological polar surface area (TPSA) is 56.5 Å². The Morgan fingerprint density at radius 2 is 1.86 bits per heavy atom. The molecule has 37 heavy (non-hydrogen) atoms. The third-order valence-corrected chi connectivity index (χ3v) is 7.09. The van der Waals surface area contributed by atoms with E-state index < -0.39 is 0 Å². The number of hydrogen-bond acceptors (Lipinski definition) is 4. The van der Waals surface area contributed by atoms with E-state index in [1.54, 1.807) is 12.3 Å². The van der Waals surface area contributed by atoms with E-state index in [1.165, 1.54) is 10.2 Å². The van der Waals surface area contributed by atoms with Gasteiger partial charge in [-0.1, -0.05) is 89.9 Å². The average molecular weight is 554 g/mol. The van der Waals surface area contributed by atoms with E-state index in [0.29, 0.717) is 29.1 Å². The maximum absolute atomic E-state index is 13.6. The Hall–Kier alpha value is -3.77. The highest BCUT2D eigenvalue weighted by atomic mass is 79.9. The first-order chi connectivity index (χ1) is 17.9. The van der Waals surface area contributed by atoms with Gasteiger partial charge in [0.25, 0.3) is 5.56 Å². The van der Waals surface area contributed by atoms with Crippen molar-refractivity contribution in [3.63, 3.8) is 0 Å². The summed E-state index contributed by atoms with van der Waals surface area (Å²) in [5.41, 5.74) is 3.58. The number of aromatic nitrogens is 2. The van der Waals surface area contributed by atoms with Crippen molar-refractivity contribution in [2.45, 2.75) is 39.7 Å². The summed E-state index contributed by atoms with van der Waals surface area (Å²) >= 11 is 3.47. The summed E-state index contributed by atoms with van der Waals surface area (Å²) in [6, 6.07) is 26.0. The van der Waals surface area contributed by atoms with Crippen LogP contribution in [0.15, 0.2) is 93.2 Å².